The Morgan fingerprint density at radius 2 is 1.61 bits per heavy atom. The molecule has 0 aliphatic carbocycles. The average molecular weight is 281 g/mol. The monoisotopic (exact) mass is 280 g/mol. The maximum Gasteiger partial charge on any atom is 0.255 e. The molecule has 0 atom stereocenters. The van der Waals surface area contributed by atoms with Crippen LogP contribution in [0.2, 0.25) is 10.0 Å². The molecule has 5 heteroatoms. The second kappa shape index (κ2) is 5.29. The molecule has 2 rings (SSSR count). The molecule has 0 heterocycles. The third-order valence-corrected chi connectivity index (χ3v) is 2.86. The number of anilines is 2. The quantitative estimate of drug-likeness (QED) is 0.822. The van der Waals surface area contributed by atoms with Gasteiger partial charge in [-0.05, 0) is 42.5 Å². The third kappa shape index (κ3) is 2.94. The molecule has 3 nitrogen and oxygen atoms in total. The van der Waals surface area contributed by atoms with E-state index in [-0.39, 0.29) is 5.91 Å². The van der Waals surface area contributed by atoms with Gasteiger partial charge in [0.25, 0.3) is 5.91 Å². The summed E-state index contributed by atoms with van der Waals surface area (Å²) in [5.74, 6) is -0.249. The van der Waals surface area contributed by atoms with Crippen LogP contribution in [0.3, 0.4) is 0 Å². The zero-order valence-electron chi connectivity index (χ0n) is 9.28. The minimum absolute atomic E-state index is 0.249. The number of hydrogen-bond donors (Lipinski definition) is 2. The molecule has 3 N–H and O–H groups in total. The minimum Gasteiger partial charge on any atom is -0.397 e. The van der Waals surface area contributed by atoms with Crippen LogP contribution in [0, 0.1) is 0 Å². The van der Waals surface area contributed by atoms with Gasteiger partial charge in [0.15, 0.2) is 0 Å². The minimum atomic E-state index is -0.249. The summed E-state index contributed by atoms with van der Waals surface area (Å²) in [7, 11) is 0. The summed E-state index contributed by atoms with van der Waals surface area (Å²) >= 11 is 11.5. The summed E-state index contributed by atoms with van der Waals surface area (Å²) in [4.78, 5) is 11.9. The first kappa shape index (κ1) is 12.7. The number of nitrogens with one attached hydrogen (secondary N) is 1. The maximum absolute atomic E-state index is 11.9. The first-order valence-corrected chi connectivity index (χ1v) is 5.94. The molecular formula is C13H10Cl2N2O. The van der Waals surface area contributed by atoms with E-state index in [9.17, 15) is 4.79 Å². The topological polar surface area (TPSA) is 55.1 Å². The summed E-state index contributed by atoms with van der Waals surface area (Å²) in [6.07, 6.45) is 0. The summed E-state index contributed by atoms with van der Waals surface area (Å²) in [6, 6.07) is 11.5. The van der Waals surface area contributed by atoms with Crippen LogP contribution in [-0.4, -0.2) is 5.91 Å². The number of nitrogen functional groups attached to an aromatic ring is 1. The molecule has 92 valence electrons. The van der Waals surface area contributed by atoms with Crippen molar-refractivity contribution in [3.8, 4) is 0 Å². The molecule has 1 amide bonds. The van der Waals surface area contributed by atoms with E-state index in [1.807, 2.05) is 0 Å². The van der Waals surface area contributed by atoms with Crippen molar-refractivity contribution >= 4 is 40.5 Å². The van der Waals surface area contributed by atoms with Crippen molar-refractivity contribution in [1.82, 2.24) is 0 Å². The molecule has 0 unspecified atom stereocenters. The fourth-order valence-corrected chi connectivity index (χ4v) is 1.75. The van der Waals surface area contributed by atoms with Gasteiger partial charge in [-0.1, -0.05) is 23.2 Å². The highest BCUT2D eigenvalue weighted by Gasteiger charge is 2.08. The van der Waals surface area contributed by atoms with Crippen molar-refractivity contribution in [2.75, 3.05) is 11.1 Å². The number of carbonyl (C=O) groups is 1. The van der Waals surface area contributed by atoms with Gasteiger partial charge in [-0.3, -0.25) is 4.79 Å². The molecule has 0 aliphatic rings. The molecule has 0 saturated carbocycles. The van der Waals surface area contributed by atoms with Crippen molar-refractivity contribution in [3.05, 3.63) is 58.1 Å². The largest absolute Gasteiger partial charge is 0.397 e. The fraction of sp³-hybridized carbons (Fsp3) is 0. The number of benzene rings is 2. The Hall–Kier alpha value is -1.71. The lowest BCUT2D eigenvalue weighted by Gasteiger charge is -2.08. The van der Waals surface area contributed by atoms with Gasteiger partial charge in [0.1, 0.15) is 0 Å². The SMILES string of the molecule is Nc1cc(Cl)ccc1NC(=O)c1ccc(Cl)cc1. The number of carbonyl (C=O) groups excluding carboxylic acids is 1. The van der Waals surface area contributed by atoms with Crippen LogP contribution in [0.1, 0.15) is 10.4 Å². The Labute approximate surface area is 115 Å². The van der Waals surface area contributed by atoms with Gasteiger partial charge in [-0.2, -0.15) is 0 Å². The lowest BCUT2D eigenvalue weighted by atomic mass is 10.2. The van der Waals surface area contributed by atoms with Gasteiger partial charge in [-0.25, -0.2) is 0 Å². The molecule has 2 aromatic carbocycles. The Kier molecular flexibility index (Phi) is 3.75. The Balaban J connectivity index is 2.18. The molecule has 0 fully saturated rings. The molecular weight excluding hydrogens is 271 g/mol. The second-order valence-electron chi connectivity index (χ2n) is 3.69. The van der Waals surface area contributed by atoms with Gasteiger partial charge in [0.05, 0.1) is 11.4 Å². The molecule has 0 aromatic heterocycles. The van der Waals surface area contributed by atoms with E-state index in [4.69, 9.17) is 28.9 Å². The smallest absolute Gasteiger partial charge is 0.255 e. The van der Waals surface area contributed by atoms with Crippen LogP contribution in [0.25, 0.3) is 0 Å². The lowest BCUT2D eigenvalue weighted by Crippen LogP contribution is -2.12. The molecule has 0 radical (unpaired) electrons. The third-order valence-electron chi connectivity index (χ3n) is 2.37. The Morgan fingerprint density at radius 1 is 1.00 bits per heavy atom. The summed E-state index contributed by atoms with van der Waals surface area (Å²) < 4.78 is 0. The Bertz CT molecular complexity index is 582. The molecule has 2 aromatic rings. The van der Waals surface area contributed by atoms with Crippen LogP contribution in [-0.2, 0) is 0 Å². The number of hydrogen-bond acceptors (Lipinski definition) is 2. The van der Waals surface area contributed by atoms with Gasteiger partial charge in [-0.15, -0.1) is 0 Å². The van der Waals surface area contributed by atoms with Crippen molar-refractivity contribution < 1.29 is 4.79 Å². The molecule has 0 spiro atoms. The number of amides is 1. The highest BCUT2D eigenvalue weighted by Crippen LogP contribution is 2.23. The number of rotatable bonds is 2. The lowest BCUT2D eigenvalue weighted by molar-refractivity contribution is 0.102. The van der Waals surface area contributed by atoms with Crippen LogP contribution in [0.5, 0.6) is 0 Å². The summed E-state index contributed by atoms with van der Waals surface area (Å²) in [5, 5.41) is 3.81. The highest BCUT2D eigenvalue weighted by atomic mass is 35.5. The van der Waals surface area contributed by atoms with E-state index in [2.05, 4.69) is 5.32 Å². The normalized spacial score (nSPS) is 10.1. The van der Waals surface area contributed by atoms with E-state index in [0.29, 0.717) is 27.0 Å². The highest BCUT2D eigenvalue weighted by molar-refractivity contribution is 6.31. The number of halogens is 2. The van der Waals surface area contributed by atoms with Crippen LogP contribution < -0.4 is 11.1 Å². The van der Waals surface area contributed by atoms with Crippen LogP contribution >= 0.6 is 23.2 Å². The van der Waals surface area contributed by atoms with Crippen LogP contribution in [0.4, 0.5) is 11.4 Å². The van der Waals surface area contributed by atoms with Gasteiger partial charge in [0, 0.05) is 15.6 Å². The second-order valence-corrected chi connectivity index (χ2v) is 4.57. The molecule has 18 heavy (non-hydrogen) atoms. The van der Waals surface area contributed by atoms with E-state index in [0.717, 1.165) is 0 Å². The van der Waals surface area contributed by atoms with Crippen molar-refractivity contribution in [2.45, 2.75) is 0 Å². The van der Waals surface area contributed by atoms with Crippen molar-refractivity contribution in [3.63, 3.8) is 0 Å². The average Bonchev–Trinajstić information content (AvgIpc) is 2.33. The van der Waals surface area contributed by atoms with Gasteiger partial charge < -0.3 is 11.1 Å². The first-order valence-electron chi connectivity index (χ1n) is 5.18. The first-order chi connectivity index (χ1) is 8.56. The summed E-state index contributed by atoms with van der Waals surface area (Å²) in [6.45, 7) is 0. The van der Waals surface area contributed by atoms with Gasteiger partial charge >= 0.3 is 0 Å². The molecule has 0 saturated heterocycles. The van der Waals surface area contributed by atoms with Crippen LogP contribution in [0.15, 0.2) is 42.5 Å². The maximum atomic E-state index is 11.9. The van der Waals surface area contributed by atoms with E-state index in [1.165, 1.54) is 0 Å². The van der Waals surface area contributed by atoms with Crippen molar-refractivity contribution in [1.29, 1.82) is 0 Å². The Morgan fingerprint density at radius 3 is 2.22 bits per heavy atom. The number of nitrogens with two attached hydrogens (primary N) is 1. The molecule has 0 aliphatic heterocycles. The molecule has 0 bridgehead atoms. The van der Waals surface area contributed by atoms with Gasteiger partial charge in [0.2, 0.25) is 0 Å². The summed E-state index contributed by atoms with van der Waals surface area (Å²) in [5.41, 5.74) is 7.21. The predicted molar refractivity (Wildman–Crippen MR) is 75.3 cm³/mol. The predicted octanol–water partition coefficient (Wildman–Crippen LogP) is 3.83. The van der Waals surface area contributed by atoms with E-state index >= 15 is 0 Å². The van der Waals surface area contributed by atoms with E-state index in [1.54, 1.807) is 42.5 Å². The zero-order chi connectivity index (χ0) is 13.1. The fourth-order valence-electron chi connectivity index (χ4n) is 1.44. The van der Waals surface area contributed by atoms with E-state index < -0.39 is 0 Å². The zero-order valence-corrected chi connectivity index (χ0v) is 10.8. The van der Waals surface area contributed by atoms with Crippen molar-refractivity contribution in [2.24, 2.45) is 0 Å². The standard InChI is InChI=1S/C13H10Cl2N2O/c14-9-3-1-8(2-4-9)13(18)17-12-6-5-10(15)7-11(12)16/h1-7H,16H2,(H,17,18).